The number of aryl methyl sites for hydroxylation is 2. The minimum Gasteiger partial charge on any atom is -0.481 e. The number of nitrogens with zero attached hydrogens (tertiary/aromatic N) is 1. The molecule has 1 amide bonds. The van der Waals surface area contributed by atoms with Crippen molar-refractivity contribution in [2.75, 3.05) is 6.54 Å². The van der Waals surface area contributed by atoms with Gasteiger partial charge in [0.15, 0.2) is 5.76 Å². The lowest BCUT2D eigenvalue weighted by Crippen LogP contribution is -2.34. The summed E-state index contributed by atoms with van der Waals surface area (Å²) in [6, 6.07) is 7.71. The van der Waals surface area contributed by atoms with Crippen LogP contribution in [0.25, 0.3) is 0 Å². The van der Waals surface area contributed by atoms with Crippen molar-refractivity contribution in [2.24, 2.45) is 5.92 Å². The van der Waals surface area contributed by atoms with Crippen LogP contribution < -0.4 is 5.32 Å². The maximum Gasteiger partial charge on any atom is 0.308 e. The molecule has 2 rings (SSSR count). The average Bonchev–Trinajstić information content (AvgIpc) is 2.93. The maximum absolute atomic E-state index is 12.5. The predicted octanol–water partition coefficient (Wildman–Crippen LogP) is 3.09. The number of amides is 1. The van der Waals surface area contributed by atoms with E-state index < -0.39 is 11.9 Å². The summed E-state index contributed by atoms with van der Waals surface area (Å²) in [5.41, 5.74) is 2.92. The molecule has 1 aromatic carbocycles. The first kappa shape index (κ1) is 18.7. The second kappa shape index (κ2) is 7.96. The number of aliphatic carboxylic acids is 1. The van der Waals surface area contributed by atoms with Crippen LogP contribution in [0.15, 0.2) is 28.8 Å². The molecule has 1 heterocycles. The van der Waals surface area contributed by atoms with Crippen LogP contribution in [-0.2, 0) is 11.2 Å². The Morgan fingerprint density at radius 1 is 1.28 bits per heavy atom. The molecule has 134 valence electrons. The lowest BCUT2D eigenvalue weighted by atomic mass is 9.98. The summed E-state index contributed by atoms with van der Waals surface area (Å²) in [6.07, 6.45) is 0.358. The van der Waals surface area contributed by atoms with Crippen molar-refractivity contribution >= 4 is 11.9 Å². The van der Waals surface area contributed by atoms with E-state index in [0.29, 0.717) is 23.4 Å². The molecule has 0 saturated heterocycles. The van der Waals surface area contributed by atoms with E-state index in [4.69, 9.17) is 4.52 Å². The van der Waals surface area contributed by atoms with Gasteiger partial charge in [0.25, 0.3) is 5.91 Å². The standard InChI is InChI=1S/C19H24N2O4/c1-11(2)17-16(13(4)21-25-17)18(22)20-10-15(19(23)24)9-14-7-5-6-12(3)8-14/h5-8,11,15H,9-10H2,1-4H3,(H,20,22)(H,23,24). The van der Waals surface area contributed by atoms with Gasteiger partial charge in [-0.3, -0.25) is 9.59 Å². The van der Waals surface area contributed by atoms with E-state index in [1.165, 1.54) is 0 Å². The number of carbonyl (C=O) groups is 2. The number of rotatable bonds is 7. The fourth-order valence-corrected chi connectivity index (χ4v) is 2.73. The van der Waals surface area contributed by atoms with Crippen molar-refractivity contribution in [1.82, 2.24) is 10.5 Å². The minimum absolute atomic E-state index is 0.0181. The Hall–Kier alpha value is -2.63. The summed E-state index contributed by atoms with van der Waals surface area (Å²) in [7, 11) is 0. The number of aromatic nitrogens is 1. The number of carbonyl (C=O) groups excluding carboxylic acids is 1. The van der Waals surface area contributed by atoms with Gasteiger partial charge in [-0.05, 0) is 25.8 Å². The Morgan fingerprint density at radius 3 is 2.60 bits per heavy atom. The van der Waals surface area contributed by atoms with Crippen molar-refractivity contribution in [1.29, 1.82) is 0 Å². The van der Waals surface area contributed by atoms with Gasteiger partial charge in [0.1, 0.15) is 5.56 Å². The van der Waals surface area contributed by atoms with Crippen molar-refractivity contribution in [2.45, 2.75) is 40.0 Å². The summed E-state index contributed by atoms with van der Waals surface area (Å²) in [4.78, 5) is 24.0. The summed E-state index contributed by atoms with van der Waals surface area (Å²) in [5, 5.41) is 16.0. The third-order valence-corrected chi connectivity index (χ3v) is 4.06. The van der Waals surface area contributed by atoms with Crippen LogP contribution in [0.3, 0.4) is 0 Å². The first-order valence-electron chi connectivity index (χ1n) is 8.32. The maximum atomic E-state index is 12.5. The van der Waals surface area contributed by atoms with Gasteiger partial charge in [-0.1, -0.05) is 48.8 Å². The Bertz CT molecular complexity index is 765. The largest absolute Gasteiger partial charge is 0.481 e. The van der Waals surface area contributed by atoms with Gasteiger partial charge in [0, 0.05) is 12.5 Å². The molecular formula is C19H24N2O4. The summed E-state index contributed by atoms with van der Waals surface area (Å²) in [5.74, 6) is -1.45. The highest BCUT2D eigenvalue weighted by atomic mass is 16.5. The molecule has 6 nitrogen and oxygen atoms in total. The normalized spacial score (nSPS) is 12.2. The molecule has 25 heavy (non-hydrogen) atoms. The smallest absolute Gasteiger partial charge is 0.308 e. The zero-order valence-electron chi connectivity index (χ0n) is 15.0. The summed E-state index contributed by atoms with van der Waals surface area (Å²) < 4.78 is 5.21. The molecule has 1 atom stereocenters. The summed E-state index contributed by atoms with van der Waals surface area (Å²) in [6.45, 7) is 7.53. The molecule has 1 unspecified atom stereocenters. The highest BCUT2D eigenvalue weighted by molar-refractivity contribution is 5.96. The molecule has 1 aromatic heterocycles. The number of hydrogen-bond donors (Lipinski definition) is 2. The SMILES string of the molecule is Cc1cccc(CC(CNC(=O)c2c(C)noc2C(C)C)C(=O)O)c1. The van der Waals surface area contributed by atoms with Crippen molar-refractivity contribution < 1.29 is 19.2 Å². The fraction of sp³-hybridized carbons (Fsp3) is 0.421. The second-order valence-corrected chi connectivity index (χ2v) is 6.60. The van der Waals surface area contributed by atoms with Gasteiger partial charge in [0.2, 0.25) is 0 Å². The van der Waals surface area contributed by atoms with Gasteiger partial charge in [-0.25, -0.2) is 0 Å². The van der Waals surface area contributed by atoms with Crippen LogP contribution in [-0.4, -0.2) is 28.7 Å². The molecule has 2 N–H and O–H groups in total. The lowest BCUT2D eigenvalue weighted by molar-refractivity contribution is -0.141. The number of carboxylic acid groups (broad SMARTS) is 1. The van der Waals surface area contributed by atoms with Crippen molar-refractivity contribution in [3.8, 4) is 0 Å². The molecule has 0 fully saturated rings. The Labute approximate surface area is 147 Å². The van der Waals surface area contributed by atoms with Gasteiger partial charge in [-0.2, -0.15) is 0 Å². The molecule has 0 spiro atoms. The number of hydrogen-bond acceptors (Lipinski definition) is 4. The third kappa shape index (κ3) is 4.68. The molecule has 0 radical (unpaired) electrons. The number of carboxylic acids is 1. The Balaban J connectivity index is 2.07. The topological polar surface area (TPSA) is 92.4 Å². The molecule has 0 aliphatic carbocycles. The van der Waals surface area contributed by atoms with Crippen LogP contribution in [0.1, 0.15) is 52.7 Å². The van der Waals surface area contributed by atoms with Crippen LogP contribution >= 0.6 is 0 Å². The van der Waals surface area contributed by atoms with Crippen LogP contribution in [0.4, 0.5) is 0 Å². The van der Waals surface area contributed by atoms with E-state index in [9.17, 15) is 14.7 Å². The van der Waals surface area contributed by atoms with Crippen LogP contribution in [0, 0.1) is 19.8 Å². The first-order valence-corrected chi connectivity index (χ1v) is 8.32. The molecular weight excluding hydrogens is 320 g/mol. The fourth-order valence-electron chi connectivity index (χ4n) is 2.73. The van der Waals surface area contributed by atoms with Gasteiger partial charge in [-0.15, -0.1) is 0 Å². The van der Waals surface area contributed by atoms with E-state index in [1.807, 2.05) is 45.0 Å². The zero-order chi connectivity index (χ0) is 18.6. The van der Waals surface area contributed by atoms with Gasteiger partial charge in [0.05, 0.1) is 11.6 Å². The zero-order valence-corrected chi connectivity index (χ0v) is 15.0. The third-order valence-electron chi connectivity index (χ3n) is 4.06. The van der Waals surface area contributed by atoms with Crippen molar-refractivity contribution in [3.63, 3.8) is 0 Å². The van der Waals surface area contributed by atoms with E-state index in [2.05, 4.69) is 10.5 Å². The Kier molecular flexibility index (Phi) is 5.96. The lowest BCUT2D eigenvalue weighted by Gasteiger charge is -2.14. The molecule has 0 aliphatic heterocycles. The van der Waals surface area contributed by atoms with E-state index in [1.54, 1.807) is 6.92 Å². The summed E-state index contributed by atoms with van der Waals surface area (Å²) >= 11 is 0. The van der Waals surface area contributed by atoms with E-state index in [-0.39, 0.29) is 18.4 Å². The Morgan fingerprint density at radius 2 is 2.00 bits per heavy atom. The molecule has 0 aliphatic rings. The second-order valence-electron chi connectivity index (χ2n) is 6.60. The van der Waals surface area contributed by atoms with Gasteiger partial charge >= 0.3 is 5.97 Å². The molecule has 2 aromatic rings. The molecule has 0 bridgehead atoms. The number of benzene rings is 1. The van der Waals surface area contributed by atoms with Gasteiger partial charge < -0.3 is 14.9 Å². The quantitative estimate of drug-likeness (QED) is 0.805. The first-order chi connectivity index (χ1) is 11.8. The number of nitrogens with one attached hydrogen (secondary N) is 1. The van der Waals surface area contributed by atoms with E-state index >= 15 is 0 Å². The van der Waals surface area contributed by atoms with E-state index in [0.717, 1.165) is 11.1 Å². The van der Waals surface area contributed by atoms with Crippen LogP contribution in [0.2, 0.25) is 0 Å². The predicted molar refractivity (Wildman–Crippen MR) is 93.7 cm³/mol. The molecule has 6 heteroatoms. The minimum atomic E-state index is -0.937. The monoisotopic (exact) mass is 344 g/mol. The average molecular weight is 344 g/mol. The van der Waals surface area contributed by atoms with Crippen molar-refractivity contribution in [3.05, 3.63) is 52.4 Å². The van der Waals surface area contributed by atoms with Crippen LogP contribution in [0.5, 0.6) is 0 Å². The molecule has 0 saturated carbocycles. The highest BCUT2D eigenvalue weighted by Crippen LogP contribution is 2.22. The highest BCUT2D eigenvalue weighted by Gasteiger charge is 2.25.